The van der Waals surface area contributed by atoms with E-state index in [1.807, 2.05) is 6.07 Å². The number of halogens is 2. The second kappa shape index (κ2) is 6.38. The van der Waals surface area contributed by atoms with E-state index in [1.54, 1.807) is 20.8 Å². The Kier molecular flexibility index (Phi) is 5.32. The zero-order valence-corrected chi connectivity index (χ0v) is 12.3. The third kappa shape index (κ3) is 4.95. The highest BCUT2D eigenvalue weighted by Gasteiger charge is 2.45. The van der Waals surface area contributed by atoms with Crippen LogP contribution in [-0.4, -0.2) is 35.6 Å². The van der Waals surface area contributed by atoms with Gasteiger partial charge in [0, 0.05) is 31.8 Å². The molecule has 6 heteroatoms. The fourth-order valence-corrected chi connectivity index (χ4v) is 2.20. The molecule has 0 saturated carbocycles. The average molecular weight is 288 g/mol. The van der Waals surface area contributed by atoms with Crippen molar-refractivity contribution in [1.82, 2.24) is 4.90 Å². The number of carbonyl (C=O) groups excluding carboxylic acids is 1. The zero-order valence-electron chi connectivity index (χ0n) is 12.3. The van der Waals surface area contributed by atoms with Gasteiger partial charge in [-0.2, -0.15) is 5.26 Å². The summed E-state index contributed by atoms with van der Waals surface area (Å²) in [7, 11) is 0. The Bertz CT molecular complexity index is 386. The van der Waals surface area contributed by atoms with Crippen LogP contribution in [0.5, 0.6) is 0 Å². The van der Waals surface area contributed by atoms with E-state index < -0.39 is 23.5 Å². The van der Waals surface area contributed by atoms with Crippen LogP contribution >= 0.6 is 0 Å². The van der Waals surface area contributed by atoms with Crippen molar-refractivity contribution in [1.29, 1.82) is 5.26 Å². The van der Waals surface area contributed by atoms with Gasteiger partial charge in [-0.15, -0.1) is 0 Å². The number of alkyl halides is 2. The molecular weight excluding hydrogens is 266 g/mol. The summed E-state index contributed by atoms with van der Waals surface area (Å²) in [6.45, 7) is 5.24. The van der Waals surface area contributed by atoms with Crippen LogP contribution in [0.4, 0.5) is 13.6 Å². The van der Waals surface area contributed by atoms with Gasteiger partial charge in [0.05, 0.1) is 6.07 Å². The van der Waals surface area contributed by atoms with E-state index in [0.29, 0.717) is 6.42 Å². The van der Waals surface area contributed by atoms with Crippen LogP contribution in [0.2, 0.25) is 0 Å². The van der Waals surface area contributed by atoms with E-state index in [4.69, 9.17) is 10.00 Å². The van der Waals surface area contributed by atoms with Gasteiger partial charge in [-0.1, -0.05) is 0 Å². The maximum Gasteiger partial charge on any atom is 0.410 e. The fourth-order valence-electron chi connectivity index (χ4n) is 2.20. The molecular formula is C14H22F2N2O2. The van der Waals surface area contributed by atoms with Crippen molar-refractivity contribution >= 4 is 6.09 Å². The summed E-state index contributed by atoms with van der Waals surface area (Å²) in [4.78, 5) is 13.3. The predicted molar refractivity (Wildman–Crippen MR) is 70.3 cm³/mol. The van der Waals surface area contributed by atoms with Crippen molar-refractivity contribution < 1.29 is 18.3 Å². The summed E-state index contributed by atoms with van der Waals surface area (Å²) >= 11 is 0. The Hall–Kier alpha value is -1.38. The van der Waals surface area contributed by atoms with Crippen molar-refractivity contribution in [3.05, 3.63) is 0 Å². The molecule has 1 rings (SSSR count). The normalized spacial score (nSPS) is 22.2. The number of piperidine rings is 1. The van der Waals surface area contributed by atoms with Crippen LogP contribution in [0.3, 0.4) is 0 Å². The second-order valence-corrected chi connectivity index (χ2v) is 6.18. The molecule has 0 aromatic carbocycles. The van der Waals surface area contributed by atoms with E-state index in [0.717, 1.165) is 0 Å². The molecule has 1 saturated heterocycles. The maximum atomic E-state index is 13.8. The van der Waals surface area contributed by atoms with Crippen LogP contribution in [0.15, 0.2) is 0 Å². The zero-order chi connectivity index (χ0) is 15.4. The first kappa shape index (κ1) is 16.7. The smallest absolute Gasteiger partial charge is 0.410 e. The third-order valence-corrected chi connectivity index (χ3v) is 3.25. The van der Waals surface area contributed by atoms with Crippen LogP contribution in [0.1, 0.15) is 46.5 Å². The van der Waals surface area contributed by atoms with Gasteiger partial charge >= 0.3 is 6.09 Å². The van der Waals surface area contributed by atoms with E-state index in [2.05, 4.69) is 0 Å². The molecule has 1 fully saturated rings. The summed E-state index contributed by atoms with van der Waals surface area (Å²) in [5.74, 6) is -3.66. The maximum absolute atomic E-state index is 13.8. The molecule has 114 valence electrons. The van der Waals surface area contributed by atoms with E-state index >= 15 is 0 Å². The van der Waals surface area contributed by atoms with Crippen LogP contribution < -0.4 is 0 Å². The summed E-state index contributed by atoms with van der Waals surface area (Å²) in [6.07, 6.45) is 0.0552. The topological polar surface area (TPSA) is 53.3 Å². The minimum Gasteiger partial charge on any atom is -0.444 e. The monoisotopic (exact) mass is 288 g/mol. The number of carbonyl (C=O) groups is 1. The molecule has 0 N–H and O–H groups in total. The van der Waals surface area contributed by atoms with Crippen molar-refractivity contribution in [2.75, 3.05) is 13.1 Å². The summed E-state index contributed by atoms with van der Waals surface area (Å²) in [5.41, 5.74) is -0.632. The van der Waals surface area contributed by atoms with Crippen LogP contribution in [-0.2, 0) is 4.74 Å². The number of amides is 1. The minimum absolute atomic E-state index is 0.00661. The largest absolute Gasteiger partial charge is 0.444 e. The van der Waals surface area contributed by atoms with Gasteiger partial charge in [0.1, 0.15) is 5.60 Å². The van der Waals surface area contributed by atoms with Gasteiger partial charge < -0.3 is 9.64 Å². The average Bonchev–Trinajstić information content (AvgIpc) is 2.29. The van der Waals surface area contributed by atoms with Crippen LogP contribution in [0.25, 0.3) is 0 Å². The first-order chi connectivity index (χ1) is 9.15. The molecule has 1 unspecified atom stereocenters. The van der Waals surface area contributed by atoms with Gasteiger partial charge in [0.2, 0.25) is 0 Å². The number of hydrogen-bond donors (Lipinski definition) is 0. The van der Waals surface area contributed by atoms with Crippen LogP contribution in [0, 0.1) is 17.2 Å². The highest BCUT2D eigenvalue weighted by atomic mass is 19.3. The summed E-state index contributed by atoms with van der Waals surface area (Å²) in [6, 6.07) is 1.95. The first-order valence-corrected chi connectivity index (χ1v) is 6.88. The van der Waals surface area contributed by atoms with E-state index in [1.165, 1.54) is 4.90 Å². The second-order valence-electron chi connectivity index (χ2n) is 6.18. The van der Waals surface area contributed by atoms with Gasteiger partial charge in [-0.25, -0.2) is 13.6 Å². The predicted octanol–water partition coefficient (Wildman–Crippen LogP) is 3.57. The lowest BCUT2D eigenvalue weighted by atomic mass is 9.89. The molecule has 1 atom stereocenters. The third-order valence-electron chi connectivity index (χ3n) is 3.25. The van der Waals surface area contributed by atoms with E-state index in [9.17, 15) is 13.6 Å². The van der Waals surface area contributed by atoms with Gasteiger partial charge in [0.15, 0.2) is 0 Å². The SMILES string of the molecule is CC(C)(C)OC(=O)N1CCC(F)(F)C(CCCC#N)C1. The molecule has 20 heavy (non-hydrogen) atoms. The number of nitrogens with zero attached hydrogens (tertiary/aromatic N) is 2. The molecule has 0 aromatic heterocycles. The molecule has 0 bridgehead atoms. The number of ether oxygens (including phenoxy) is 1. The Balaban J connectivity index is 2.61. The minimum atomic E-state index is -2.77. The first-order valence-electron chi connectivity index (χ1n) is 6.88. The standard InChI is InChI=1S/C14H22F2N2O2/c1-13(2,3)20-12(19)18-9-7-14(15,16)11(10-18)6-4-5-8-17/h11H,4-7,9-10H2,1-3H3. The molecule has 4 nitrogen and oxygen atoms in total. The van der Waals surface area contributed by atoms with Gasteiger partial charge in [-0.3, -0.25) is 0 Å². The molecule has 1 aliphatic rings. The Morgan fingerprint density at radius 3 is 2.70 bits per heavy atom. The number of unbranched alkanes of at least 4 members (excludes halogenated alkanes) is 1. The molecule has 0 spiro atoms. The number of nitriles is 1. The van der Waals surface area contributed by atoms with E-state index in [-0.39, 0.29) is 32.4 Å². The number of hydrogen-bond acceptors (Lipinski definition) is 3. The summed E-state index contributed by atoms with van der Waals surface area (Å²) in [5, 5.41) is 8.47. The van der Waals surface area contributed by atoms with Crippen molar-refractivity contribution in [3.8, 4) is 6.07 Å². The summed E-state index contributed by atoms with van der Waals surface area (Å²) < 4.78 is 32.8. The molecule has 0 aliphatic carbocycles. The number of likely N-dealkylation sites (tertiary alicyclic amines) is 1. The van der Waals surface area contributed by atoms with Gasteiger partial charge in [0.25, 0.3) is 5.92 Å². The quantitative estimate of drug-likeness (QED) is 0.746. The fraction of sp³-hybridized carbons (Fsp3) is 0.857. The highest BCUT2D eigenvalue weighted by Crippen LogP contribution is 2.36. The Labute approximate surface area is 118 Å². The number of rotatable bonds is 3. The Morgan fingerprint density at radius 1 is 1.50 bits per heavy atom. The molecule has 0 aromatic rings. The lowest BCUT2D eigenvalue weighted by Gasteiger charge is -2.38. The lowest BCUT2D eigenvalue weighted by molar-refractivity contribution is -0.107. The van der Waals surface area contributed by atoms with Crippen molar-refractivity contribution in [2.45, 2.75) is 58.0 Å². The lowest BCUT2D eigenvalue weighted by Crippen LogP contribution is -2.50. The molecule has 1 heterocycles. The van der Waals surface area contributed by atoms with Crippen molar-refractivity contribution in [2.24, 2.45) is 5.92 Å². The Morgan fingerprint density at radius 2 is 2.15 bits per heavy atom. The van der Waals surface area contributed by atoms with Gasteiger partial charge in [-0.05, 0) is 33.6 Å². The molecule has 1 amide bonds. The highest BCUT2D eigenvalue weighted by molar-refractivity contribution is 5.68. The molecule has 1 aliphatic heterocycles. The molecule has 0 radical (unpaired) electrons. The van der Waals surface area contributed by atoms with Crippen molar-refractivity contribution in [3.63, 3.8) is 0 Å².